The molecule has 0 aromatic rings. The second kappa shape index (κ2) is 60.2. The van der Waals surface area contributed by atoms with Crippen molar-refractivity contribution in [3.8, 4) is 0 Å². The van der Waals surface area contributed by atoms with Gasteiger partial charge in [-0.1, -0.05) is 282 Å². The lowest BCUT2D eigenvalue weighted by atomic mass is 10.0. The topological polar surface area (TPSA) is 78.9 Å². The van der Waals surface area contributed by atoms with Gasteiger partial charge in [0.1, 0.15) is 13.2 Å². The number of carbonyl (C=O) groups excluding carboxylic acids is 3. The zero-order valence-corrected chi connectivity index (χ0v) is 47.8. The zero-order chi connectivity index (χ0) is 51.4. The van der Waals surface area contributed by atoms with Crippen molar-refractivity contribution in [2.75, 3.05) is 13.2 Å². The van der Waals surface area contributed by atoms with Crippen molar-refractivity contribution in [3.05, 3.63) is 36.5 Å². The molecule has 6 heteroatoms. The third-order valence-electron chi connectivity index (χ3n) is 14.1. The molecule has 0 unspecified atom stereocenters. The highest BCUT2D eigenvalue weighted by molar-refractivity contribution is 5.71. The molecule has 0 aliphatic carbocycles. The van der Waals surface area contributed by atoms with Gasteiger partial charge >= 0.3 is 17.9 Å². The summed E-state index contributed by atoms with van der Waals surface area (Å²) in [5, 5.41) is 0. The molecule has 6 nitrogen and oxygen atoms in total. The number of hydrogen-bond acceptors (Lipinski definition) is 6. The van der Waals surface area contributed by atoms with Gasteiger partial charge in [0, 0.05) is 19.3 Å². The number of esters is 3. The minimum Gasteiger partial charge on any atom is -0.462 e. The van der Waals surface area contributed by atoms with Crippen LogP contribution in [0.15, 0.2) is 36.5 Å². The first-order valence-corrected chi connectivity index (χ1v) is 31.5. The summed E-state index contributed by atoms with van der Waals surface area (Å²) >= 11 is 0. The maximum Gasteiger partial charge on any atom is 0.306 e. The van der Waals surface area contributed by atoms with Gasteiger partial charge in [-0.3, -0.25) is 14.4 Å². The fraction of sp³-hybridized carbons (Fsp3) is 0.862. The Morgan fingerprint density at radius 2 is 0.507 bits per heavy atom. The van der Waals surface area contributed by atoms with Crippen molar-refractivity contribution in [3.63, 3.8) is 0 Å². The van der Waals surface area contributed by atoms with Gasteiger partial charge < -0.3 is 14.2 Å². The van der Waals surface area contributed by atoms with Crippen LogP contribution in [0.1, 0.15) is 342 Å². The maximum absolute atomic E-state index is 12.9. The van der Waals surface area contributed by atoms with Crippen LogP contribution in [0.2, 0.25) is 0 Å². The summed E-state index contributed by atoms with van der Waals surface area (Å²) in [7, 11) is 0. The fourth-order valence-corrected chi connectivity index (χ4v) is 9.35. The van der Waals surface area contributed by atoms with Gasteiger partial charge in [-0.15, -0.1) is 0 Å². The highest BCUT2D eigenvalue weighted by Crippen LogP contribution is 2.17. The van der Waals surface area contributed by atoms with Gasteiger partial charge in [0.2, 0.25) is 0 Å². The molecule has 0 aromatic carbocycles. The third kappa shape index (κ3) is 58.4. The van der Waals surface area contributed by atoms with Crippen LogP contribution < -0.4 is 0 Å². The Morgan fingerprint density at radius 1 is 0.282 bits per heavy atom. The van der Waals surface area contributed by atoms with Gasteiger partial charge in [-0.2, -0.15) is 0 Å². The predicted octanol–water partition coefficient (Wildman–Crippen LogP) is 21.2. The van der Waals surface area contributed by atoms with Crippen molar-refractivity contribution in [2.24, 2.45) is 0 Å². The van der Waals surface area contributed by atoms with E-state index in [1.807, 2.05) is 0 Å². The molecule has 0 fully saturated rings. The van der Waals surface area contributed by atoms with Gasteiger partial charge in [-0.25, -0.2) is 0 Å². The zero-order valence-electron chi connectivity index (χ0n) is 47.8. The number of carbonyl (C=O) groups is 3. The molecule has 71 heavy (non-hydrogen) atoms. The molecule has 0 saturated heterocycles. The summed E-state index contributed by atoms with van der Waals surface area (Å²) in [4.78, 5) is 38.3. The Balaban J connectivity index is 4.34. The first-order chi connectivity index (χ1) is 35.0. The largest absolute Gasteiger partial charge is 0.462 e. The van der Waals surface area contributed by atoms with E-state index in [2.05, 4.69) is 57.2 Å². The average molecular weight is 998 g/mol. The summed E-state index contributed by atoms with van der Waals surface area (Å²) in [5.74, 6) is -0.862. The summed E-state index contributed by atoms with van der Waals surface area (Å²) in [6.07, 6.45) is 72.8. The van der Waals surface area contributed by atoms with Gasteiger partial charge in [-0.05, 0) is 77.0 Å². The van der Waals surface area contributed by atoms with Crippen molar-refractivity contribution in [1.82, 2.24) is 0 Å². The molecule has 0 bridgehead atoms. The minimum atomic E-state index is -0.776. The molecular formula is C65H120O6. The van der Waals surface area contributed by atoms with E-state index in [0.717, 1.165) is 70.6 Å². The van der Waals surface area contributed by atoms with E-state index >= 15 is 0 Å². The van der Waals surface area contributed by atoms with E-state index in [1.165, 1.54) is 231 Å². The van der Waals surface area contributed by atoms with Gasteiger partial charge in [0.25, 0.3) is 0 Å². The molecule has 0 N–H and O–H groups in total. The summed E-state index contributed by atoms with van der Waals surface area (Å²) in [6.45, 7) is 6.66. The van der Waals surface area contributed by atoms with E-state index in [9.17, 15) is 14.4 Å². The first-order valence-electron chi connectivity index (χ1n) is 31.5. The quantitative estimate of drug-likeness (QED) is 0.0261. The highest BCUT2D eigenvalue weighted by atomic mass is 16.6. The highest BCUT2D eigenvalue weighted by Gasteiger charge is 2.19. The molecule has 416 valence electrons. The second-order valence-corrected chi connectivity index (χ2v) is 21.3. The Morgan fingerprint density at radius 3 is 0.817 bits per heavy atom. The van der Waals surface area contributed by atoms with E-state index in [1.54, 1.807) is 0 Å². The molecule has 0 spiro atoms. The van der Waals surface area contributed by atoms with Gasteiger partial charge in [0.15, 0.2) is 6.10 Å². The van der Waals surface area contributed by atoms with E-state index < -0.39 is 6.10 Å². The summed E-state index contributed by atoms with van der Waals surface area (Å²) < 4.78 is 16.9. The average Bonchev–Trinajstić information content (AvgIpc) is 3.37. The lowest BCUT2D eigenvalue weighted by molar-refractivity contribution is -0.167. The molecule has 0 aliphatic rings. The molecule has 0 aromatic heterocycles. The molecule has 0 heterocycles. The van der Waals surface area contributed by atoms with Crippen molar-refractivity contribution >= 4 is 17.9 Å². The van der Waals surface area contributed by atoms with Crippen LogP contribution >= 0.6 is 0 Å². The number of allylic oxidation sites excluding steroid dienone is 6. The summed E-state index contributed by atoms with van der Waals surface area (Å²) in [5.41, 5.74) is 0. The van der Waals surface area contributed by atoms with E-state index in [0.29, 0.717) is 19.3 Å². The van der Waals surface area contributed by atoms with Crippen molar-refractivity contribution in [2.45, 2.75) is 348 Å². The SMILES string of the molecule is CCCCC/C=C\C/C=C\CCCCCCCCCC(=O)OC[C@H](COC(=O)CCCCCCCCCCCCCCCCCCCCC)OC(=O)CCCCCCCCC/C=C\CCCCCCCC. The van der Waals surface area contributed by atoms with Gasteiger partial charge in [0.05, 0.1) is 0 Å². The fourth-order valence-electron chi connectivity index (χ4n) is 9.35. The molecule has 0 rings (SSSR count). The van der Waals surface area contributed by atoms with Crippen LogP contribution in [0.4, 0.5) is 0 Å². The van der Waals surface area contributed by atoms with Crippen molar-refractivity contribution in [1.29, 1.82) is 0 Å². The smallest absolute Gasteiger partial charge is 0.306 e. The predicted molar refractivity (Wildman–Crippen MR) is 307 cm³/mol. The van der Waals surface area contributed by atoms with E-state index in [4.69, 9.17) is 14.2 Å². The monoisotopic (exact) mass is 997 g/mol. The standard InChI is InChI=1S/C65H120O6/c1-4-7-10-13-16-19-22-25-28-31-32-35-37-40-43-46-49-52-55-58-64(67)70-61-62(71-65(68)59-56-53-50-47-44-41-38-34-30-27-24-21-18-15-12-9-6-3)60-69-63(66)57-54-51-48-45-42-39-36-33-29-26-23-20-17-14-11-8-5-2/h17,20,26-27,29-30,62H,4-16,18-19,21-25,28,31-61H2,1-3H3/b20-17-,29-26-,30-27-/t62-/m1/s1. The molecule has 0 amide bonds. The number of ether oxygens (including phenoxy) is 3. The second-order valence-electron chi connectivity index (χ2n) is 21.3. The maximum atomic E-state index is 12.9. The molecule has 0 saturated carbocycles. The summed E-state index contributed by atoms with van der Waals surface area (Å²) in [6, 6.07) is 0. The van der Waals surface area contributed by atoms with Crippen LogP contribution in [-0.4, -0.2) is 37.2 Å². The molecule has 0 radical (unpaired) electrons. The first kappa shape index (κ1) is 68.6. The molecule has 0 aliphatic heterocycles. The Hall–Kier alpha value is -2.37. The van der Waals surface area contributed by atoms with Crippen LogP contribution in [-0.2, 0) is 28.6 Å². The van der Waals surface area contributed by atoms with Crippen LogP contribution in [0.25, 0.3) is 0 Å². The number of rotatable bonds is 58. The Kier molecular flexibility index (Phi) is 58.2. The Labute approximate surface area is 442 Å². The molecular weight excluding hydrogens is 877 g/mol. The third-order valence-corrected chi connectivity index (χ3v) is 14.1. The lowest BCUT2D eigenvalue weighted by Gasteiger charge is -2.18. The molecule has 1 atom stereocenters. The van der Waals surface area contributed by atoms with Crippen LogP contribution in [0.5, 0.6) is 0 Å². The van der Waals surface area contributed by atoms with Crippen LogP contribution in [0, 0.1) is 0 Å². The minimum absolute atomic E-state index is 0.0722. The van der Waals surface area contributed by atoms with E-state index in [-0.39, 0.29) is 31.1 Å². The normalized spacial score (nSPS) is 12.2. The van der Waals surface area contributed by atoms with Crippen LogP contribution in [0.3, 0.4) is 0 Å². The number of unbranched alkanes of at least 4 members (excludes halogenated alkanes) is 41. The van der Waals surface area contributed by atoms with Crippen molar-refractivity contribution < 1.29 is 28.6 Å². The lowest BCUT2D eigenvalue weighted by Crippen LogP contribution is -2.30. The number of hydrogen-bond donors (Lipinski definition) is 0. The Bertz CT molecular complexity index is 1190.